The van der Waals surface area contributed by atoms with Crippen LogP contribution in [-0.4, -0.2) is 22.9 Å². The van der Waals surface area contributed by atoms with Gasteiger partial charge in [0.2, 0.25) is 6.20 Å². The maximum absolute atomic E-state index is 12.1. The molecule has 0 aliphatic rings. The quantitative estimate of drug-likeness (QED) is 0.333. The fourth-order valence-electron chi connectivity index (χ4n) is 2.44. The largest absolute Gasteiger partial charge is 0.550 e. The van der Waals surface area contributed by atoms with Gasteiger partial charge in [-0.3, -0.25) is 4.79 Å². The maximum atomic E-state index is 12.1. The topological polar surface area (TPSA) is 141 Å². The van der Waals surface area contributed by atoms with Gasteiger partial charge in [0.1, 0.15) is 0 Å². The van der Waals surface area contributed by atoms with Crippen LogP contribution < -0.4 is 21.3 Å². The lowest BCUT2D eigenvalue weighted by Gasteiger charge is -2.05. The number of benzene rings is 2. The third kappa shape index (κ3) is 4.67. The molecule has 5 N–H and O–H groups in total. The zero-order valence-corrected chi connectivity index (χ0v) is 14.4. The van der Waals surface area contributed by atoms with Gasteiger partial charge in [-0.05, 0) is 35.4 Å². The van der Waals surface area contributed by atoms with Crippen LogP contribution in [0.1, 0.15) is 17.3 Å². The molecule has 0 saturated carbocycles. The summed E-state index contributed by atoms with van der Waals surface area (Å²) in [6.45, 7) is 0.972. The first-order valence-electron chi connectivity index (χ1n) is 7.66. The Morgan fingerprint density at radius 3 is 2.42 bits per heavy atom. The average Bonchev–Trinajstić information content (AvgIpc) is 2.99. The zero-order valence-electron chi connectivity index (χ0n) is 14.4. The molecule has 26 heavy (non-hydrogen) atoms. The summed E-state index contributed by atoms with van der Waals surface area (Å²) in [6, 6.07) is 11.4. The Kier molecular flexibility index (Phi) is 5.69. The number of carboxylic acid groups (broad SMARTS) is 1. The SMILES string of the molecule is CC(=O)[O-].C[n+]1cc(-c2ccc3c(C(=O)N=C(N)N)cccc3c2)c[nH]1. The number of carbonyl (C=O) groups is 2. The van der Waals surface area contributed by atoms with Gasteiger partial charge in [-0.15, -0.1) is 4.68 Å². The standard InChI is InChI=1S/C16H15N5O.C2H4O2/c1-21-9-12(8-19-21)10-5-6-13-11(7-10)3-2-4-14(13)15(22)20-16(17)18;1-2(3)4/h2-9H,1H3,(H4,17,18,20,22);1H3,(H,3,4). The second kappa shape index (κ2) is 7.93. The predicted molar refractivity (Wildman–Crippen MR) is 95.7 cm³/mol. The minimum absolute atomic E-state index is 0.238. The molecule has 3 rings (SSSR count). The Hall–Kier alpha value is -3.68. The van der Waals surface area contributed by atoms with E-state index in [4.69, 9.17) is 21.4 Å². The number of amides is 1. The number of carbonyl (C=O) groups excluding carboxylic acids is 2. The summed E-state index contributed by atoms with van der Waals surface area (Å²) in [5, 5.41) is 13.7. The molecular formula is C18H19N5O3. The number of nitrogens with zero attached hydrogens (tertiary/aromatic N) is 2. The molecule has 0 saturated heterocycles. The number of aromatic nitrogens is 2. The lowest BCUT2D eigenvalue weighted by molar-refractivity contribution is -0.726. The highest BCUT2D eigenvalue weighted by atomic mass is 16.4. The van der Waals surface area contributed by atoms with Crippen LogP contribution in [0.2, 0.25) is 0 Å². The lowest BCUT2D eigenvalue weighted by Crippen LogP contribution is -2.27. The normalized spacial score (nSPS) is 9.92. The predicted octanol–water partition coefficient (Wildman–Crippen LogP) is -0.171. The molecule has 3 aromatic rings. The highest BCUT2D eigenvalue weighted by molar-refractivity contribution is 6.11. The smallest absolute Gasteiger partial charge is 0.280 e. The Morgan fingerprint density at radius 1 is 1.15 bits per heavy atom. The van der Waals surface area contributed by atoms with Crippen molar-refractivity contribution in [2.45, 2.75) is 6.92 Å². The fourth-order valence-corrected chi connectivity index (χ4v) is 2.44. The maximum Gasteiger partial charge on any atom is 0.280 e. The summed E-state index contributed by atoms with van der Waals surface area (Å²) in [5.41, 5.74) is 13.2. The number of rotatable bonds is 2. The number of aliphatic carboxylic acids is 1. The number of aromatic amines is 1. The molecule has 0 unspecified atom stereocenters. The third-order valence-electron chi connectivity index (χ3n) is 3.43. The molecule has 0 aliphatic carbocycles. The van der Waals surface area contributed by atoms with E-state index < -0.39 is 11.9 Å². The molecule has 8 nitrogen and oxygen atoms in total. The van der Waals surface area contributed by atoms with Crippen LogP contribution in [-0.2, 0) is 11.8 Å². The number of guanidine groups is 1. The van der Waals surface area contributed by atoms with Gasteiger partial charge in [0, 0.05) is 11.5 Å². The monoisotopic (exact) mass is 353 g/mol. The molecule has 0 aliphatic heterocycles. The Labute approximate surface area is 149 Å². The fraction of sp³-hybridized carbons (Fsp3) is 0.111. The molecule has 2 aromatic carbocycles. The van der Waals surface area contributed by atoms with Crippen molar-refractivity contribution in [2.24, 2.45) is 23.5 Å². The van der Waals surface area contributed by atoms with Crippen molar-refractivity contribution in [3.8, 4) is 11.1 Å². The average molecular weight is 353 g/mol. The number of nitrogens with one attached hydrogen (secondary N) is 1. The van der Waals surface area contributed by atoms with E-state index in [1.54, 1.807) is 6.07 Å². The Morgan fingerprint density at radius 2 is 1.85 bits per heavy atom. The number of nitrogens with two attached hydrogens (primary N) is 2. The number of H-pyrrole nitrogens is 1. The second-order valence-electron chi connectivity index (χ2n) is 5.54. The first-order chi connectivity index (χ1) is 12.3. The molecule has 0 atom stereocenters. The molecule has 8 heteroatoms. The van der Waals surface area contributed by atoms with Crippen molar-refractivity contribution in [3.05, 3.63) is 54.4 Å². The molecule has 134 valence electrons. The van der Waals surface area contributed by atoms with E-state index in [0.717, 1.165) is 28.8 Å². The van der Waals surface area contributed by atoms with Crippen molar-refractivity contribution in [2.75, 3.05) is 0 Å². The molecule has 1 aromatic heterocycles. The van der Waals surface area contributed by atoms with Crippen LogP contribution in [0.3, 0.4) is 0 Å². The van der Waals surface area contributed by atoms with Gasteiger partial charge >= 0.3 is 0 Å². The van der Waals surface area contributed by atoms with Gasteiger partial charge in [0.15, 0.2) is 13.0 Å². The minimum atomic E-state index is -1.08. The Bertz CT molecular complexity index is 983. The summed E-state index contributed by atoms with van der Waals surface area (Å²) < 4.78 is 1.87. The van der Waals surface area contributed by atoms with Crippen molar-refractivity contribution in [3.63, 3.8) is 0 Å². The van der Waals surface area contributed by atoms with Crippen LogP contribution in [0.15, 0.2) is 53.8 Å². The highest BCUT2D eigenvalue weighted by Gasteiger charge is 2.11. The van der Waals surface area contributed by atoms with Gasteiger partial charge < -0.3 is 21.4 Å². The van der Waals surface area contributed by atoms with Gasteiger partial charge in [-0.1, -0.05) is 24.3 Å². The molecular weight excluding hydrogens is 334 g/mol. The summed E-state index contributed by atoms with van der Waals surface area (Å²) in [4.78, 5) is 24.6. The highest BCUT2D eigenvalue weighted by Crippen LogP contribution is 2.26. The van der Waals surface area contributed by atoms with E-state index in [9.17, 15) is 4.79 Å². The molecule has 0 fully saturated rings. The van der Waals surface area contributed by atoms with Crippen LogP contribution in [0.4, 0.5) is 0 Å². The van der Waals surface area contributed by atoms with Gasteiger partial charge in [-0.2, -0.15) is 10.1 Å². The van der Waals surface area contributed by atoms with Crippen molar-refractivity contribution >= 4 is 28.6 Å². The van der Waals surface area contributed by atoms with Crippen molar-refractivity contribution in [1.29, 1.82) is 0 Å². The molecule has 1 heterocycles. The number of aryl methyl sites for hydroxylation is 1. The number of hydrogen-bond donors (Lipinski definition) is 3. The summed E-state index contributed by atoms with van der Waals surface area (Å²) in [5.74, 6) is -1.76. The Balaban J connectivity index is 0.000000552. The third-order valence-corrected chi connectivity index (χ3v) is 3.43. The van der Waals surface area contributed by atoms with Crippen LogP contribution in [0.25, 0.3) is 21.9 Å². The van der Waals surface area contributed by atoms with Crippen LogP contribution in [0, 0.1) is 0 Å². The van der Waals surface area contributed by atoms with E-state index in [-0.39, 0.29) is 5.96 Å². The number of carboxylic acids is 1. The van der Waals surface area contributed by atoms with Gasteiger partial charge in [0.05, 0.1) is 11.8 Å². The van der Waals surface area contributed by atoms with Crippen LogP contribution >= 0.6 is 0 Å². The first kappa shape index (κ1) is 18.7. The first-order valence-corrected chi connectivity index (χ1v) is 7.66. The lowest BCUT2D eigenvalue weighted by atomic mass is 10.00. The minimum Gasteiger partial charge on any atom is -0.550 e. The van der Waals surface area contributed by atoms with Crippen LogP contribution in [0.5, 0.6) is 0 Å². The van der Waals surface area contributed by atoms with Gasteiger partial charge in [0.25, 0.3) is 5.91 Å². The number of fused-ring (bicyclic) bond motifs is 1. The summed E-state index contributed by atoms with van der Waals surface area (Å²) in [6.07, 6.45) is 3.92. The molecule has 0 bridgehead atoms. The van der Waals surface area contributed by atoms with Crippen molar-refractivity contribution in [1.82, 2.24) is 5.10 Å². The van der Waals surface area contributed by atoms with E-state index in [1.165, 1.54) is 0 Å². The molecule has 0 radical (unpaired) electrons. The summed E-state index contributed by atoms with van der Waals surface area (Å²) in [7, 11) is 1.93. The second-order valence-corrected chi connectivity index (χ2v) is 5.54. The zero-order chi connectivity index (χ0) is 19.3. The number of aliphatic imine (C=N–C) groups is 1. The van der Waals surface area contributed by atoms with E-state index in [0.29, 0.717) is 5.56 Å². The van der Waals surface area contributed by atoms with Gasteiger partial charge in [-0.25, -0.2) is 0 Å². The van der Waals surface area contributed by atoms with E-state index in [1.807, 2.05) is 54.5 Å². The van der Waals surface area contributed by atoms with E-state index >= 15 is 0 Å². The number of hydrogen-bond acceptors (Lipinski definition) is 3. The molecule has 1 amide bonds. The van der Waals surface area contributed by atoms with Crippen molar-refractivity contribution < 1.29 is 19.4 Å². The van der Waals surface area contributed by atoms with E-state index in [2.05, 4.69) is 10.1 Å². The molecule has 0 spiro atoms. The summed E-state index contributed by atoms with van der Waals surface area (Å²) >= 11 is 0.